The zero-order chi connectivity index (χ0) is 15.1. The maximum absolute atomic E-state index is 5.87. The van der Waals surface area contributed by atoms with Gasteiger partial charge in [-0.25, -0.2) is 0 Å². The molecular formula is C16H29N3O2. The molecule has 120 valence electrons. The van der Waals surface area contributed by atoms with E-state index >= 15 is 0 Å². The third kappa shape index (κ3) is 5.77. The summed E-state index contributed by atoms with van der Waals surface area (Å²) in [4.78, 5) is 2.41. The Labute approximate surface area is 128 Å². The van der Waals surface area contributed by atoms with Crippen molar-refractivity contribution >= 4 is 0 Å². The first kappa shape index (κ1) is 16.5. The van der Waals surface area contributed by atoms with Gasteiger partial charge in [0.05, 0.1) is 18.3 Å². The number of ether oxygens (including phenoxy) is 1. The predicted octanol–water partition coefficient (Wildman–Crippen LogP) is 2.56. The quantitative estimate of drug-likeness (QED) is 0.799. The number of nitrogens with one attached hydrogen (secondary N) is 1. The van der Waals surface area contributed by atoms with Crippen LogP contribution in [-0.4, -0.2) is 41.9 Å². The zero-order valence-corrected chi connectivity index (χ0v) is 13.6. The van der Waals surface area contributed by atoms with Crippen molar-refractivity contribution in [2.45, 2.75) is 65.3 Å². The standard InChI is InChI=1S/C16H29N3O2/c1-4-8-20-15-6-5-7-19(11-15)12-16-9-14(18-21-16)10-17-13(2)3/h9,13,15,17H,4-8,10-12H2,1-3H3. The molecule has 0 bridgehead atoms. The van der Waals surface area contributed by atoms with Crippen molar-refractivity contribution in [3.8, 4) is 0 Å². The number of nitrogens with zero attached hydrogens (tertiary/aromatic N) is 2. The van der Waals surface area contributed by atoms with E-state index < -0.39 is 0 Å². The van der Waals surface area contributed by atoms with Crippen LogP contribution in [0.4, 0.5) is 0 Å². The molecule has 2 heterocycles. The van der Waals surface area contributed by atoms with Crippen molar-refractivity contribution in [3.05, 3.63) is 17.5 Å². The first-order valence-corrected chi connectivity index (χ1v) is 8.19. The molecule has 21 heavy (non-hydrogen) atoms. The third-order valence-electron chi connectivity index (χ3n) is 3.70. The summed E-state index contributed by atoms with van der Waals surface area (Å²) in [7, 11) is 0. The van der Waals surface area contributed by atoms with Crippen molar-refractivity contribution in [2.24, 2.45) is 0 Å². The van der Waals surface area contributed by atoms with Gasteiger partial charge in [0.1, 0.15) is 0 Å². The van der Waals surface area contributed by atoms with E-state index in [1.807, 2.05) is 0 Å². The number of piperidine rings is 1. The molecular weight excluding hydrogens is 266 g/mol. The molecule has 5 nitrogen and oxygen atoms in total. The molecule has 0 aliphatic carbocycles. The number of rotatable bonds is 8. The van der Waals surface area contributed by atoms with E-state index in [0.29, 0.717) is 12.1 Å². The molecule has 5 heteroatoms. The second-order valence-electron chi connectivity index (χ2n) is 6.19. The largest absolute Gasteiger partial charge is 0.377 e. The molecule has 0 amide bonds. The Morgan fingerprint density at radius 1 is 1.52 bits per heavy atom. The summed E-state index contributed by atoms with van der Waals surface area (Å²) >= 11 is 0. The van der Waals surface area contributed by atoms with E-state index in [2.05, 4.69) is 42.2 Å². The van der Waals surface area contributed by atoms with Crippen LogP contribution in [0.1, 0.15) is 51.5 Å². The smallest absolute Gasteiger partial charge is 0.151 e. The topological polar surface area (TPSA) is 50.5 Å². The summed E-state index contributed by atoms with van der Waals surface area (Å²) < 4.78 is 11.3. The maximum Gasteiger partial charge on any atom is 0.151 e. The van der Waals surface area contributed by atoms with Gasteiger partial charge in [0.25, 0.3) is 0 Å². The number of likely N-dealkylation sites (tertiary alicyclic amines) is 1. The van der Waals surface area contributed by atoms with Crippen molar-refractivity contribution < 1.29 is 9.26 Å². The van der Waals surface area contributed by atoms with Gasteiger partial charge in [0, 0.05) is 31.8 Å². The van der Waals surface area contributed by atoms with Gasteiger partial charge in [-0.05, 0) is 25.8 Å². The third-order valence-corrected chi connectivity index (χ3v) is 3.70. The summed E-state index contributed by atoms with van der Waals surface area (Å²) in [5.74, 6) is 0.951. The Hall–Kier alpha value is -0.910. The van der Waals surface area contributed by atoms with Gasteiger partial charge in [-0.2, -0.15) is 0 Å². The molecule has 1 aliphatic heterocycles. The van der Waals surface area contributed by atoms with Crippen molar-refractivity contribution in [1.82, 2.24) is 15.4 Å². The molecule has 1 N–H and O–H groups in total. The minimum atomic E-state index is 0.378. The van der Waals surface area contributed by atoms with Crippen LogP contribution in [0, 0.1) is 0 Å². The van der Waals surface area contributed by atoms with Crippen molar-refractivity contribution in [1.29, 1.82) is 0 Å². The number of hydrogen-bond donors (Lipinski definition) is 1. The highest BCUT2D eigenvalue weighted by Crippen LogP contribution is 2.16. The van der Waals surface area contributed by atoms with E-state index in [-0.39, 0.29) is 0 Å². The molecule has 1 aromatic heterocycles. The van der Waals surface area contributed by atoms with Crippen molar-refractivity contribution in [2.75, 3.05) is 19.7 Å². The lowest BCUT2D eigenvalue weighted by molar-refractivity contribution is -0.00413. The van der Waals surface area contributed by atoms with Crippen LogP contribution in [0.2, 0.25) is 0 Å². The Morgan fingerprint density at radius 3 is 3.14 bits per heavy atom. The first-order valence-electron chi connectivity index (χ1n) is 8.19. The Kier molecular flexibility index (Phi) is 6.67. The highest BCUT2D eigenvalue weighted by Gasteiger charge is 2.21. The van der Waals surface area contributed by atoms with Crippen molar-refractivity contribution in [3.63, 3.8) is 0 Å². The summed E-state index contributed by atoms with van der Waals surface area (Å²) in [6.07, 6.45) is 3.84. The van der Waals surface area contributed by atoms with Gasteiger partial charge in [0.2, 0.25) is 0 Å². The molecule has 1 aromatic rings. The molecule has 1 atom stereocenters. The van der Waals surface area contributed by atoms with Gasteiger partial charge in [0.15, 0.2) is 5.76 Å². The molecule has 2 rings (SSSR count). The van der Waals surface area contributed by atoms with Crippen LogP contribution in [0.5, 0.6) is 0 Å². The maximum atomic E-state index is 5.87. The van der Waals surface area contributed by atoms with Crippen LogP contribution >= 0.6 is 0 Å². The number of hydrogen-bond acceptors (Lipinski definition) is 5. The lowest BCUT2D eigenvalue weighted by atomic mass is 10.1. The van der Waals surface area contributed by atoms with Gasteiger partial charge in [-0.15, -0.1) is 0 Å². The fourth-order valence-electron chi connectivity index (χ4n) is 2.62. The van der Waals surface area contributed by atoms with Crippen LogP contribution in [0.15, 0.2) is 10.6 Å². The molecule has 1 aliphatic rings. The Balaban J connectivity index is 1.78. The van der Waals surface area contributed by atoms with E-state index in [0.717, 1.165) is 50.7 Å². The van der Waals surface area contributed by atoms with Crippen LogP contribution in [0.3, 0.4) is 0 Å². The van der Waals surface area contributed by atoms with Crippen LogP contribution in [0.25, 0.3) is 0 Å². The molecule has 0 spiro atoms. The highest BCUT2D eigenvalue weighted by atomic mass is 16.5. The lowest BCUT2D eigenvalue weighted by Gasteiger charge is -2.31. The normalized spacial score (nSPS) is 20.3. The Bertz CT molecular complexity index is 406. The fourth-order valence-corrected chi connectivity index (χ4v) is 2.62. The van der Waals surface area contributed by atoms with Gasteiger partial charge in [-0.3, -0.25) is 4.90 Å². The molecule has 1 saturated heterocycles. The zero-order valence-electron chi connectivity index (χ0n) is 13.6. The number of aromatic nitrogens is 1. The van der Waals surface area contributed by atoms with E-state index in [1.165, 1.54) is 12.8 Å². The molecule has 0 radical (unpaired) electrons. The molecule has 0 saturated carbocycles. The van der Waals surface area contributed by atoms with E-state index in [4.69, 9.17) is 9.26 Å². The van der Waals surface area contributed by atoms with Crippen LogP contribution in [-0.2, 0) is 17.8 Å². The SMILES string of the molecule is CCCOC1CCCN(Cc2cc(CNC(C)C)no2)C1. The summed E-state index contributed by atoms with van der Waals surface area (Å²) in [5, 5.41) is 7.48. The summed E-state index contributed by atoms with van der Waals surface area (Å²) in [6.45, 7) is 11.0. The van der Waals surface area contributed by atoms with E-state index in [1.54, 1.807) is 0 Å². The molecule has 1 unspecified atom stereocenters. The summed E-state index contributed by atoms with van der Waals surface area (Å²) in [6, 6.07) is 2.52. The minimum absolute atomic E-state index is 0.378. The van der Waals surface area contributed by atoms with Gasteiger partial charge in [-0.1, -0.05) is 25.9 Å². The van der Waals surface area contributed by atoms with Gasteiger partial charge >= 0.3 is 0 Å². The van der Waals surface area contributed by atoms with Crippen LogP contribution < -0.4 is 5.32 Å². The average molecular weight is 295 g/mol. The van der Waals surface area contributed by atoms with E-state index in [9.17, 15) is 0 Å². The average Bonchev–Trinajstić information content (AvgIpc) is 2.91. The fraction of sp³-hybridized carbons (Fsp3) is 0.812. The first-order chi connectivity index (χ1) is 10.2. The highest BCUT2D eigenvalue weighted by molar-refractivity contribution is 5.05. The second kappa shape index (κ2) is 8.51. The second-order valence-corrected chi connectivity index (χ2v) is 6.19. The summed E-state index contributed by atoms with van der Waals surface area (Å²) in [5.41, 5.74) is 0.981. The molecule has 0 aromatic carbocycles. The predicted molar refractivity (Wildman–Crippen MR) is 83.0 cm³/mol. The van der Waals surface area contributed by atoms with Gasteiger partial charge < -0.3 is 14.6 Å². The molecule has 1 fully saturated rings. The Morgan fingerprint density at radius 2 is 2.38 bits per heavy atom. The lowest BCUT2D eigenvalue weighted by Crippen LogP contribution is -2.39. The minimum Gasteiger partial charge on any atom is -0.377 e. The monoisotopic (exact) mass is 295 g/mol.